The van der Waals surface area contributed by atoms with Crippen LogP contribution in [0.1, 0.15) is 0 Å². The Bertz CT molecular complexity index is 1490. The first-order valence-electron chi connectivity index (χ1n) is 11.7. The van der Waals surface area contributed by atoms with E-state index in [1.54, 1.807) is 45.6 Å². The lowest BCUT2D eigenvalue weighted by atomic mass is 10.1. The molecule has 0 saturated heterocycles. The van der Waals surface area contributed by atoms with Gasteiger partial charge in [0.2, 0.25) is 18.4 Å². The van der Waals surface area contributed by atoms with Gasteiger partial charge in [0, 0.05) is 21.8 Å². The predicted octanol–water partition coefficient (Wildman–Crippen LogP) is 5.95. The molecule has 1 aliphatic rings. The van der Waals surface area contributed by atoms with E-state index in [1.165, 1.54) is 11.8 Å². The molecule has 4 aromatic rings. The van der Waals surface area contributed by atoms with Crippen LogP contribution in [0, 0.1) is 0 Å². The van der Waals surface area contributed by atoms with Crippen molar-refractivity contribution in [2.24, 2.45) is 0 Å². The minimum atomic E-state index is -0.200. The molecule has 11 heteroatoms. The SMILES string of the molecule is COc1cc(-c2cc(-c3ccc4c(c3)OCO4)nc(SCC(=O)Nc3ccc(Cl)cc3)n2)cc(OC)c1OC. The fraction of sp³-hybridized carbons (Fsp3) is 0.179. The summed E-state index contributed by atoms with van der Waals surface area (Å²) in [5.41, 5.74) is 3.44. The Morgan fingerprint density at radius 1 is 0.872 bits per heavy atom. The van der Waals surface area contributed by atoms with Gasteiger partial charge in [-0.15, -0.1) is 0 Å². The topological polar surface area (TPSA) is 101 Å². The van der Waals surface area contributed by atoms with E-state index in [2.05, 4.69) is 5.32 Å². The van der Waals surface area contributed by atoms with Crippen molar-refractivity contribution in [2.75, 3.05) is 39.2 Å². The van der Waals surface area contributed by atoms with Crippen LogP contribution in [0.4, 0.5) is 5.69 Å². The van der Waals surface area contributed by atoms with Crippen LogP contribution >= 0.6 is 23.4 Å². The number of thioether (sulfide) groups is 1. The van der Waals surface area contributed by atoms with Crippen LogP contribution in [-0.2, 0) is 4.79 Å². The molecule has 0 fully saturated rings. The molecule has 0 radical (unpaired) electrons. The zero-order chi connectivity index (χ0) is 27.4. The van der Waals surface area contributed by atoms with Crippen molar-refractivity contribution in [1.82, 2.24) is 9.97 Å². The molecule has 5 rings (SSSR count). The van der Waals surface area contributed by atoms with Gasteiger partial charge in [0.25, 0.3) is 0 Å². The number of aromatic nitrogens is 2. The number of ether oxygens (including phenoxy) is 5. The smallest absolute Gasteiger partial charge is 0.234 e. The van der Waals surface area contributed by atoms with Gasteiger partial charge in [-0.1, -0.05) is 23.4 Å². The van der Waals surface area contributed by atoms with Gasteiger partial charge in [0.15, 0.2) is 28.2 Å². The van der Waals surface area contributed by atoms with Crippen molar-refractivity contribution in [3.05, 3.63) is 65.7 Å². The molecule has 0 unspecified atom stereocenters. The number of amides is 1. The van der Waals surface area contributed by atoms with E-state index >= 15 is 0 Å². The number of fused-ring (bicyclic) bond motifs is 1. The van der Waals surface area contributed by atoms with Crippen LogP contribution in [0.15, 0.2) is 65.8 Å². The summed E-state index contributed by atoms with van der Waals surface area (Å²) in [6.07, 6.45) is 0. The summed E-state index contributed by atoms with van der Waals surface area (Å²) in [7, 11) is 4.66. The molecular weight excluding hydrogens is 542 g/mol. The molecule has 2 heterocycles. The maximum absolute atomic E-state index is 12.6. The zero-order valence-electron chi connectivity index (χ0n) is 21.3. The second-order valence-electron chi connectivity index (χ2n) is 8.25. The first-order valence-corrected chi connectivity index (χ1v) is 13.1. The number of hydrogen-bond donors (Lipinski definition) is 1. The van der Waals surface area contributed by atoms with Gasteiger partial charge in [-0.3, -0.25) is 4.79 Å². The van der Waals surface area contributed by atoms with Crippen LogP contribution in [0.5, 0.6) is 28.7 Å². The summed E-state index contributed by atoms with van der Waals surface area (Å²) in [5, 5.41) is 3.86. The Labute approximate surface area is 234 Å². The molecule has 0 saturated carbocycles. The molecule has 1 amide bonds. The van der Waals surface area contributed by atoms with Crippen molar-refractivity contribution in [3.63, 3.8) is 0 Å². The minimum Gasteiger partial charge on any atom is -0.493 e. The Balaban J connectivity index is 1.49. The Hall–Kier alpha value is -4.15. The number of rotatable bonds is 9. The summed E-state index contributed by atoms with van der Waals surface area (Å²) in [5.74, 6) is 2.67. The number of carbonyl (C=O) groups is 1. The molecule has 1 aliphatic heterocycles. The van der Waals surface area contributed by atoms with E-state index in [9.17, 15) is 4.79 Å². The van der Waals surface area contributed by atoms with E-state index in [1.807, 2.05) is 36.4 Å². The quantitative estimate of drug-likeness (QED) is 0.195. The molecule has 3 aromatic carbocycles. The highest BCUT2D eigenvalue weighted by atomic mass is 35.5. The van der Waals surface area contributed by atoms with Gasteiger partial charge in [-0.25, -0.2) is 9.97 Å². The largest absolute Gasteiger partial charge is 0.493 e. The summed E-state index contributed by atoms with van der Waals surface area (Å²) in [6.45, 7) is 0.170. The lowest BCUT2D eigenvalue weighted by molar-refractivity contribution is -0.113. The first-order chi connectivity index (χ1) is 19.0. The van der Waals surface area contributed by atoms with Crippen molar-refractivity contribution < 1.29 is 28.5 Å². The van der Waals surface area contributed by atoms with Crippen molar-refractivity contribution in [1.29, 1.82) is 0 Å². The number of carbonyl (C=O) groups excluding carboxylic acids is 1. The Morgan fingerprint density at radius 3 is 2.21 bits per heavy atom. The fourth-order valence-corrected chi connectivity index (χ4v) is 4.71. The third-order valence-electron chi connectivity index (χ3n) is 5.79. The highest BCUT2D eigenvalue weighted by Gasteiger charge is 2.19. The number of benzene rings is 3. The number of hydrogen-bond acceptors (Lipinski definition) is 9. The molecule has 39 heavy (non-hydrogen) atoms. The third-order valence-corrected chi connectivity index (χ3v) is 6.89. The van der Waals surface area contributed by atoms with Gasteiger partial charge in [0.05, 0.1) is 38.5 Å². The number of anilines is 1. The maximum atomic E-state index is 12.6. The van der Waals surface area contributed by atoms with Crippen molar-refractivity contribution in [2.45, 2.75) is 5.16 Å². The van der Waals surface area contributed by atoms with Crippen LogP contribution in [0.25, 0.3) is 22.5 Å². The lowest BCUT2D eigenvalue weighted by Crippen LogP contribution is -2.14. The molecule has 1 N–H and O–H groups in total. The van der Waals surface area contributed by atoms with E-state index < -0.39 is 0 Å². The van der Waals surface area contributed by atoms with Gasteiger partial charge in [-0.2, -0.15) is 0 Å². The van der Waals surface area contributed by atoms with Gasteiger partial charge in [-0.05, 0) is 60.7 Å². The van der Waals surface area contributed by atoms with Crippen LogP contribution in [0.2, 0.25) is 5.02 Å². The highest BCUT2D eigenvalue weighted by molar-refractivity contribution is 7.99. The first kappa shape index (κ1) is 26.5. The molecular formula is C28H24ClN3O6S. The Morgan fingerprint density at radius 2 is 1.54 bits per heavy atom. The second-order valence-corrected chi connectivity index (χ2v) is 9.63. The van der Waals surface area contributed by atoms with E-state index in [0.29, 0.717) is 56.0 Å². The number of nitrogens with zero attached hydrogens (tertiary/aromatic N) is 2. The van der Waals surface area contributed by atoms with Crippen LogP contribution < -0.4 is 29.0 Å². The average molecular weight is 566 g/mol. The summed E-state index contributed by atoms with van der Waals surface area (Å²) < 4.78 is 27.5. The summed E-state index contributed by atoms with van der Waals surface area (Å²) >= 11 is 7.15. The van der Waals surface area contributed by atoms with E-state index in [4.69, 9.17) is 45.3 Å². The Kier molecular flexibility index (Phi) is 7.94. The predicted molar refractivity (Wildman–Crippen MR) is 149 cm³/mol. The summed E-state index contributed by atoms with van der Waals surface area (Å²) in [4.78, 5) is 22.1. The molecule has 9 nitrogen and oxygen atoms in total. The van der Waals surface area contributed by atoms with E-state index in [0.717, 1.165) is 11.1 Å². The average Bonchev–Trinajstić information content (AvgIpc) is 3.44. The molecule has 1 aromatic heterocycles. The van der Waals surface area contributed by atoms with Gasteiger partial charge >= 0.3 is 0 Å². The molecule has 0 bridgehead atoms. The second kappa shape index (κ2) is 11.7. The molecule has 0 spiro atoms. The molecule has 200 valence electrons. The monoisotopic (exact) mass is 565 g/mol. The molecule has 0 atom stereocenters. The highest BCUT2D eigenvalue weighted by Crippen LogP contribution is 2.42. The van der Waals surface area contributed by atoms with E-state index in [-0.39, 0.29) is 18.5 Å². The van der Waals surface area contributed by atoms with Crippen LogP contribution in [-0.4, -0.2) is 49.8 Å². The van der Waals surface area contributed by atoms with Crippen molar-refractivity contribution in [3.8, 4) is 51.3 Å². The van der Waals surface area contributed by atoms with Crippen LogP contribution in [0.3, 0.4) is 0 Å². The number of methoxy groups -OCH3 is 3. The van der Waals surface area contributed by atoms with Crippen molar-refractivity contribution >= 4 is 35.0 Å². The normalized spacial score (nSPS) is 11.7. The fourth-order valence-electron chi connectivity index (χ4n) is 3.93. The number of halogens is 1. The zero-order valence-corrected chi connectivity index (χ0v) is 22.9. The summed E-state index contributed by atoms with van der Waals surface area (Å²) in [6, 6.07) is 18.0. The third kappa shape index (κ3) is 5.97. The minimum absolute atomic E-state index is 0.0991. The lowest BCUT2D eigenvalue weighted by Gasteiger charge is -2.15. The standard InChI is InChI=1S/C28H24ClN3O6S/c1-34-24-11-17(12-25(35-2)27(24)36-3)21-13-20(16-4-9-22-23(10-16)38-15-37-22)31-28(32-21)39-14-26(33)30-19-7-5-18(29)6-8-19/h4-13H,14-15H2,1-3H3,(H,30,33). The number of nitrogens with one attached hydrogen (secondary N) is 1. The van der Waals surface area contributed by atoms with Gasteiger partial charge in [0.1, 0.15) is 0 Å². The van der Waals surface area contributed by atoms with Gasteiger partial charge < -0.3 is 29.0 Å². The molecule has 0 aliphatic carbocycles. The maximum Gasteiger partial charge on any atom is 0.234 e.